The first-order valence-corrected chi connectivity index (χ1v) is 11.9. The van der Waals surface area contributed by atoms with Crippen LogP contribution in [0.2, 0.25) is 0 Å². The topological polar surface area (TPSA) is 78.6 Å². The van der Waals surface area contributed by atoms with Crippen LogP contribution in [-0.2, 0) is 0 Å². The van der Waals surface area contributed by atoms with E-state index in [1.165, 1.54) is 3.57 Å². The lowest BCUT2D eigenvalue weighted by Gasteiger charge is -2.25. The summed E-state index contributed by atoms with van der Waals surface area (Å²) in [6.45, 7) is 3.23. The van der Waals surface area contributed by atoms with E-state index < -0.39 is 12.0 Å². The Kier molecular flexibility index (Phi) is 6.55. The molecule has 0 aliphatic carbocycles. The van der Waals surface area contributed by atoms with Gasteiger partial charge in [-0.2, -0.15) is 0 Å². The molecule has 1 amide bonds. The lowest BCUT2D eigenvalue weighted by Crippen LogP contribution is -2.26. The number of amides is 1. The zero-order chi connectivity index (χ0) is 22.1. The van der Waals surface area contributed by atoms with Crippen LogP contribution in [0, 0.1) is 10.5 Å². The van der Waals surface area contributed by atoms with E-state index in [0.717, 1.165) is 38.2 Å². The normalized spacial score (nSPS) is 15.9. The number of carbonyl (C=O) groups excluding carboxylic acids is 1. The third kappa shape index (κ3) is 4.73. The average molecular weight is 592 g/mol. The Morgan fingerprint density at radius 1 is 1.16 bits per heavy atom. The number of primary amides is 1. The SMILES string of the molecule is Cc1cc(I)ccc1Nc1ccc(Br)cc1-c1cccc(C(N)=O)c1N1CCC(O)C1. The van der Waals surface area contributed by atoms with Crippen molar-refractivity contribution >= 4 is 61.5 Å². The van der Waals surface area contributed by atoms with Gasteiger partial charge in [-0.05, 0) is 84.0 Å². The van der Waals surface area contributed by atoms with Gasteiger partial charge in [0.15, 0.2) is 0 Å². The quantitative estimate of drug-likeness (QED) is 0.345. The highest BCUT2D eigenvalue weighted by atomic mass is 127. The summed E-state index contributed by atoms with van der Waals surface area (Å²) in [5.74, 6) is -0.476. The zero-order valence-corrected chi connectivity index (χ0v) is 20.8. The van der Waals surface area contributed by atoms with Gasteiger partial charge in [-0.1, -0.05) is 28.1 Å². The molecule has 1 aliphatic heterocycles. The fourth-order valence-corrected chi connectivity index (χ4v) is 5.01. The molecule has 3 aromatic rings. The molecular weight excluding hydrogens is 569 g/mol. The number of nitrogens with zero attached hydrogens (tertiary/aromatic N) is 1. The second-order valence-electron chi connectivity index (χ2n) is 7.73. The van der Waals surface area contributed by atoms with Crippen molar-refractivity contribution in [2.75, 3.05) is 23.3 Å². The van der Waals surface area contributed by atoms with Gasteiger partial charge < -0.3 is 21.1 Å². The number of benzene rings is 3. The van der Waals surface area contributed by atoms with Crippen molar-refractivity contribution in [3.8, 4) is 11.1 Å². The van der Waals surface area contributed by atoms with Crippen molar-refractivity contribution in [2.24, 2.45) is 5.73 Å². The highest BCUT2D eigenvalue weighted by Crippen LogP contribution is 2.41. The minimum Gasteiger partial charge on any atom is -0.391 e. The molecule has 1 atom stereocenters. The number of anilines is 3. The smallest absolute Gasteiger partial charge is 0.250 e. The van der Waals surface area contributed by atoms with Gasteiger partial charge in [0.05, 0.1) is 17.4 Å². The van der Waals surface area contributed by atoms with Crippen molar-refractivity contribution in [2.45, 2.75) is 19.4 Å². The first-order chi connectivity index (χ1) is 14.8. The van der Waals surface area contributed by atoms with Gasteiger partial charge in [-0.3, -0.25) is 4.79 Å². The number of aliphatic hydroxyl groups excluding tert-OH is 1. The molecule has 3 aromatic carbocycles. The fraction of sp³-hybridized carbons (Fsp3) is 0.208. The van der Waals surface area contributed by atoms with Crippen molar-refractivity contribution in [1.82, 2.24) is 0 Å². The van der Waals surface area contributed by atoms with Crippen LogP contribution >= 0.6 is 38.5 Å². The zero-order valence-electron chi connectivity index (χ0n) is 17.0. The fourth-order valence-electron chi connectivity index (χ4n) is 4.01. The van der Waals surface area contributed by atoms with Crippen LogP contribution in [0.4, 0.5) is 17.1 Å². The molecular formula is C24H23BrIN3O2. The minimum atomic E-state index is -0.476. The number of para-hydroxylation sites is 1. The summed E-state index contributed by atoms with van der Waals surface area (Å²) < 4.78 is 2.12. The Morgan fingerprint density at radius 2 is 1.94 bits per heavy atom. The monoisotopic (exact) mass is 591 g/mol. The highest BCUT2D eigenvalue weighted by molar-refractivity contribution is 14.1. The van der Waals surface area contributed by atoms with E-state index in [1.54, 1.807) is 6.07 Å². The number of aryl methyl sites for hydroxylation is 1. The number of nitrogens with two attached hydrogens (primary N) is 1. The molecule has 31 heavy (non-hydrogen) atoms. The number of aliphatic hydroxyl groups is 1. The van der Waals surface area contributed by atoms with Crippen LogP contribution in [0.1, 0.15) is 22.3 Å². The van der Waals surface area contributed by atoms with Crippen LogP contribution in [-0.4, -0.2) is 30.2 Å². The van der Waals surface area contributed by atoms with Crippen molar-refractivity contribution < 1.29 is 9.90 Å². The highest BCUT2D eigenvalue weighted by Gasteiger charge is 2.27. The summed E-state index contributed by atoms with van der Waals surface area (Å²) in [5, 5.41) is 13.7. The van der Waals surface area contributed by atoms with E-state index in [2.05, 4.69) is 73.9 Å². The Morgan fingerprint density at radius 3 is 2.61 bits per heavy atom. The molecule has 4 rings (SSSR count). The average Bonchev–Trinajstić information content (AvgIpc) is 3.16. The van der Waals surface area contributed by atoms with Gasteiger partial charge >= 0.3 is 0 Å². The number of carbonyl (C=O) groups is 1. The predicted octanol–water partition coefficient (Wildman–Crippen LogP) is 5.44. The molecule has 4 N–H and O–H groups in total. The Bertz CT molecular complexity index is 1150. The number of hydrogen-bond acceptors (Lipinski definition) is 4. The van der Waals surface area contributed by atoms with Crippen LogP contribution in [0.25, 0.3) is 11.1 Å². The van der Waals surface area contributed by atoms with Gasteiger partial charge in [0.25, 0.3) is 5.91 Å². The summed E-state index contributed by atoms with van der Waals surface area (Å²) in [6, 6.07) is 17.9. The first kappa shape index (κ1) is 22.1. The van der Waals surface area contributed by atoms with Crippen molar-refractivity contribution in [1.29, 1.82) is 0 Å². The lowest BCUT2D eigenvalue weighted by atomic mass is 9.97. The summed E-state index contributed by atoms with van der Waals surface area (Å²) in [7, 11) is 0. The van der Waals surface area contributed by atoms with Gasteiger partial charge in [0, 0.05) is 43.6 Å². The molecule has 0 bridgehead atoms. The van der Waals surface area contributed by atoms with E-state index >= 15 is 0 Å². The number of β-amino-alcohol motifs (C(OH)–C–C–N with tert-alkyl or cyclic N) is 1. The molecule has 0 radical (unpaired) electrons. The van der Waals surface area contributed by atoms with Crippen molar-refractivity contribution in [3.05, 3.63) is 73.8 Å². The van der Waals surface area contributed by atoms with E-state index in [0.29, 0.717) is 25.1 Å². The summed E-state index contributed by atoms with van der Waals surface area (Å²) in [5.41, 5.74) is 11.9. The molecule has 7 heteroatoms. The molecule has 1 unspecified atom stereocenters. The molecule has 0 saturated carbocycles. The maximum atomic E-state index is 12.3. The van der Waals surface area contributed by atoms with Crippen LogP contribution < -0.4 is 16.0 Å². The van der Waals surface area contributed by atoms with Crippen molar-refractivity contribution in [3.63, 3.8) is 0 Å². The summed E-state index contributed by atoms with van der Waals surface area (Å²) >= 11 is 5.90. The summed E-state index contributed by atoms with van der Waals surface area (Å²) in [6.07, 6.45) is 0.251. The van der Waals surface area contributed by atoms with Gasteiger partial charge in [-0.15, -0.1) is 0 Å². The van der Waals surface area contributed by atoms with E-state index in [9.17, 15) is 9.90 Å². The Balaban J connectivity index is 1.87. The van der Waals surface area contributed by atoms with Gasteiger partial charge in [0.2, 0.25) is 0 Å². The molecule has 5 nitrogen and oxygen atoms in total. The third-order valence-electron chi connectivity index (χ3n) is 5.51. The molecule has 1 aliphatic rings. The maximum absolute atomic E-state index is 12.3. The standard InChI is InChI=1S/C24H23BrIN3O2/c1-14-11-16(26)6-8-21(14)28-22-7-5-15(25)12-20(22)18-3-2-4-19(24(27)31)23(18)29-10-9-17(30)13-29/h2-8,11-12,17,28,30H,9-10,13H2,1H3,(H2,27,31). The molecule has 1 heterocycles. The molecule has 1 fully saturated rings. The van der Waals surface area contributed by atoms with Crippen LogP contribution in [0.3, 0.4) is 0 Å². The second kappa shape index (κ2) is 9.18. The van der Waals surface area contributed by atoms with Gasteiger partial charge in [0.1, 0.15) is 0 Å². The van der Waals surface area contributed by atoms with E-state index in [-0.39, 0.29) is 0 Å². The Hall–Kier alpha value is -2.10. The molecule has 160 valence electrons. The maximum Gasteiger partial charge on any atom is 0.250 e. The first-order valence-electron chi connectivity index (χ1n) is 10.0. The summed E-state index contributed by atoms with van der Waals surface area (Å²) in [4.78, 5) is 14.3. The number of halogens is 2. The largest absolute Gasteiger partial charge is 0.391 e. The number of nitrogens with one attached hydrogen (secondary N) is 1. The molecule has 0 spiro atoms. The van der Waals surface area contributed by atoms with E-state index in [4.69, 9.17) is 5.73 Å². The third-order valence-corrected chi connectivity index (χ3v) is 6.67. The molecule has 1 saturated heterocycles. The van der Waals surface area contributed by atoms with Gasteiger partial charge in [-0.25, -0.2) is 0 Å². The van der Waals surface area contributed by atoms with E-state index in [1.807, 2.05) is 30.3 Å². The second-order valence-corrected chi connectivity index (χ2v) is 9.89. The number of hydrogen-bond donors (Lipinski definition) is 3. The predicted molar refractivity (Wildman–Crippen MR) is 138 cm³/mol. The van der Waals surface area contributed by atoms with Crippen LogP contribution in [0.5, 0.6) is 0 Å². The molecule has 0 aromatic heterocycles. The lowest BCUT2D eigenvalue weighted by molar-refractivity contribution is 0.100. The van der Waals surface area contributed by atoms with Crippen LogP contribution in [0.15, 0.2) is 59.1 Å². The minimum absolute atomic E-state index is 0.414. The number of rotatable bonds is 5. The Labute approximate surface area is 203 Å².